The summed E-state index contributed by atoms with van der Waals surface area (Å²) >= 11 is 0. The Kier molecular flexibility index (Phi) is 2.98. The Morgan fingerprint density at radius 3 is 2.08 bits per heavy atom. The first kappa shape index (κ1) is 10.1. The van der Waals surface area contributed by atoms with Crippen LogP contribution < -0.4 is 9.16 Å². The lowest BCUT2D eigenvalue weighted by Gasteiger charge is -2.22. The molecule has 0 atom stereocenters. The number of hydrogen-bond acceptors (Lipinski definition) is 2. The van der Waals surface area contributed by atoms with E-state index in [4.69, 9.17) is 9.16 Å². The molecule has 0 aliphatic carbocycles. The van der Waals surface area contributed by atoms with E-state index in [0.29, 0.717) is 5.75 Å². The molecule has 1 aromatic rings. The molecule has 0 unspecified atom stereocenters. The molecule has 0 aliphatic heterocycles. The Balaban J connectivity index is 2.87. The van der Waals surface area contributed by atoms with Gasteiger partial charge in [-0.1, -0.05) is 12.1 Å². The lowest BCUT2D eigenvalue weighted by molar-refractivity contribution is 0.128. The van der Waals surface area contributed by atoms with Crippen LogP contribution in [0.4, 0.5) is 0 Å². The molecule has 13 heavy (non-hydrogen) atoms. The number of benzene rings is 1. The van der Waals surface area contributed by atoms with Crippen molar-refractivity contribution < 1.29 is 9.16 Å². The van der Waals surface area contributed by atoms with Crippen LogP contribution in [0.25, 0.3) is 0 Å². The zero-order valence-corrected chi connectivity index (χ0v) is 9.13. The Labute approximate surface area is 82.4 Å². The standard InChI is InChI=1S/C10H13O2Si/c1-10(2,3)11-8-6-4-5-7-9(8)12-13/h4-7H,1-3H3. The first-order valence-electron chi connectivity index (χ1n) is 4.14. The van der Waals surface area contributed by atoms with Crippen LogP contribution in [0.15, 0.2) is 24.3 Å². The molecule has 1 rings (SSSR count). The molecule has 0 amide bonds. The minimum absolute atomic E-state index is 0.207. The molecular weight excluding hydrogens is 180 g/mol. The molecule has 3 radical (unpaired) electrons. The van der Waals surface area contributed by atoms with Crippen molar-refractivity contribution in [2.24, 2.45) is 0 Å². The zero-order valence-electron chi connectivity index (χ0n) is 8.13. The molecule has 0 bridgehead atoms. The minimum atomic E-state index is -0.207. The van der Waals surface area contributed by atoms with Crippen LogP contribution in [-0.4, -0.2) is 16.1 Å². The van der Waals surface area contributed by atoms with E-state index < -0.39 is 0 Å². The molecule has 0 fully saturated rings. The summed E-state index contributed by atoms with van der Waals surface area (Å²) in [7, 11) is 2.98. The normalized spacial score (nSPS) is 11.1. The maximum atomic E-state index is 5.67. The fraction of sp³-hybridized carbons (Fsp3) is 0.400. The van der Waals surface area contributed by atoms with E-state index in [9.17, 15) is 0 Å². The number of ether oxygens (including phenoxy) is 1. The van der Waals surface area contributed by atoms with Gasteiger partial charge in [-0.2, -0.15) is 0 Å². The Morgan fingerprint density at radius 2 is 1.62 bits per heavy atom. The van der Waals surface area contributed by atoms with E-state index in [1.54, 1.807) is 0 Å². The van der Waals surface area contributed by atoms with Crippen molar-refractivity contribution in [1.29, 1.82) is 0 Å². The van der Waals surface area contributed by atoms with Crippen LogP contribution in [0.3, 0.4) is 0 Å². The van der Waals surface area contributed by atoms with Crippen molar-refractivity contribution in [3.63, 3.8) is 0 Å². The van der Waals surface area contributed by atoms with Crippen LogP contribution in [-0.2, 0) is 0 Å². The van der Waals surface area contributed by atoms with Gasteiger partial charge in [-0.05, 0) is 32.9 Å². The van der Waals surface area contributed by atoms with Gasteiger partial charge in [-0.15, -0.1) is 0 Å². The second-order valence-electron chi connectivity index (χ2n) is 3.76. The van der Waals surface area contributed by atoms with Crippen molar-refractivity contribution in [3.05, 3.63) is 24.3 Å². The molecule has 1 aromatic carbocycles. The van der Waals surface area contributed by atoms with Gasteiger partial charge in [0.05, 0.1) is 0 Å². The molecule has 0 aromatic heterocycles. The molecule has 69 valence electrons. The predicted octanol–water partition coefficient (Wildman–Crippen LogP) is 2.33. The fourth-order valence-corrected chi connectivity index (χ4v) is 1.12. The van der Waals surface area contributed by atoms with Crippen LogP contribution >= 0.6 is 0 Å². The van der Waals surface area contributed by atoms with Gasteiger partial charge >= 0.3 is 10.5 Å². The molecule has 0 spiro atoms. The van der Waals surface area contributed by atoms with Gasteiger partial charge in [-0.25, -0.2) is 0 Å². The van der Waals surface area contributed by atoms with E-state index >= 15 is 0 Å². The van der Waals surface area contributed by atoms with E-state index in [-0.39, 0.29) is 5.60 Å². The summed E-state index contributed by atoms with van der Waals surface area (Å²) in [5, 5.41) is 0. The lowest BCUT2D eigenvalue weighted by Crippen LogP contribution is -2.23. The molecule has 0 heterocycles. The van der Waals surface area contributed by atoms with Crippen molar-refractivity contribution in [1.82, 2.24) is 0 Å². The molecule has 0 saturated heterocycles. The molecule has 0 N–H and O–H groups in total. The Hall–Kier alpha value is -0.963. The lowest BCUT2D eigenvalue weighted by atomic mass is 10.2. The van der Waals surface area contributed by atoms with Gasteiger partial charge in [-0.3, -0.25) is 0 Å². The molecule has 0 aliphatic rings. The van der Waals surface area contributed by atoms with E-state index in [1.165, 1.54) is 0 Å². The molecule has 3 heteroatoms. The maximum Gasteiger partial charge on any atom is 0.341 e. The Bertz CT molecular complexity index is 278. The highest BCUT2D eigenvalue weighted by Gasteiger charge is 2.13. The molecule has 2 nitrogen and oxygen atoms in total. The average molecular weight is 193 g/mol. The first-order valence-corrected chi connectivity index (χ1v) is 4.55. The molecular formula is C10H13O2Si. The van der Waals surface area contributed by atoms with Crippen LogP contribution in [0.2, 0.25) is 0 Å². The van der Waals surface area contributed by atoms with Crippen molar-refractivity contribution >= 4 is 10.5 Å². The summed E-state index contributed by atoms with van der Waals surface area (Å²) in [4.78, 5) is 0. The van der Waals surface area contributed by atoms with Crippen molar-refractivity contribution in [3.8, 4) is 11.5 Å². The van der Waals surface area contributed by atoms with E-state index in [1.807, 2.05) is 45.0 Å². The third-order valence-electron chi connectivity index (χ3n) is 1.38. The van der Waals surface area contributed by atoms with Gasteiger partial charge in [0.1, 0.15) is 11.4 Å². The summed E-state index contributed by atoms with van der Waals surface area (Å²) in [6.07, 6.45) is 0. The fourth-order valence-electron chi connectivity index (χ4n) is 0.949. The minimum Gasteiger partial charge on any atom is -0.538 e. The van der Waals surface area contributed by atoms with Gasteiger partial charge < -0.3 is 9.16 Å². The summed E-state index contributed by atoms with van der Waals surface area (Å²) in [6.45, 7) is 5.99. The average Bonchev–Trinajstić information content (AvgIpc) is 2.02. The van der Waals surface area contributed by atoms with Crippen LogP contribution in [0.5, 0.6) is 11.5 Å². The van der Waals surface area contributed by atoms with E-state index in [2.05, 4.69) is 10.5 Å². The topological polar surface area (TPSA) is 18.5 Å². The van der Waals surface area contributed by atoms with Gasteiger partial charge in [0.25, 0.3) is 0 Å². The zero-order chi connectivity index (χ0) is 9.90. The van der Waals surface area contributed by atoms with Crippen molar-refractivity contribution in [2.75, 3.05) is 0 Å². The van der Waals surface area contributed by atoms with Gasteiger partial charge in [0.2, 0.25) is 0 Å². The SMILES string of the molecule is CC(C)(C)Oc1ccccc1O[Si]. The van der Waals surface area contributed by atoms with Gasteiger partial charge in [0.15, 0.2) is 5.75 Å². The summed E-state index contributed by atoms with van der Waals surface area (Å²) in [6, 6.07) is 7.52. The highest BCUT2D eigenvalue weighted by Crippen LogP contribution is 2.28. The third-order valence-corrected chi connectivity index (χ3v) is 1.60. The number of hydrogen-bond donors (Lipinski definition) is 0. The summed E-state index contributed by atoms with van der Waals surface area (Å²) in [5.41, 5.74) is -0.207. The summed E-state index contributed by atoms with van der Waals surface area (Å²) < 4.78 is 10.6. The second-order valence-corrected chi connectivity index (χ2v) is 3.97. The quantitative estimate of drug-likeness (QED) is 0.671. The predicted molar refractivity (Wildman–Crippen MR) is 53.2 cm³/mol. The third kappa shape index (κ3) is 3.11. The molecule has 0 saturated carbocycles. The van der Waals surface area contributed by atoms with Crippen molar-refractivity contribution in [2.45, 2.75) is 26.4 Å². The highest BCUT2D eigenvalue weighted by atomic mass is 28.2. The second kappa shape index (κ2) is 3.83. The van der Waals surface area contributed by atoms with Crippen LogP contribution in [0, 0.1) is 0 Å². The maximum absolute atomic E-state index is 5.67. The van der Waals surface area contributed by atoms with Crippen LogP contribution in [0.1, 0.15) is 20.8 Å². The van der Waals surface area contributed by atoms with Gasteiger partial charge in [0, 0.05) is 0 Å². The summed E-state index contributed by atoms with van der Waals surface area (Å²) in [5.74, 6) is 1.43. The number of rotatable bonds is 2. The number of para-hydroxylation sites is 2. The largest absolute Gasteiger partial charge is 0.538 e. The smallest absolute Gasteiger partial charge is 0.341 e. The highest BCUT2D eigenvalue weighted by molar-refractivity contribution is 6.00. The monoisotopic (exact) mass is 193 g/mol. The van der Waals surface area contributed by atoms with E-state index in [0.717, 1.165) is 5.75 Å². The Morgan fingerprint density at radius 1 is 1.08 bits per heavy atom. The first-order chi connectivity index (χ1) is 6.03.